The number of thiocarbonyl (C=S) groups is 1. The van der Waals surface area contributed by atoms with Crippen LogP contribution < -0.4 is 5.32 Å². The summed E-state index contributed by atoms with van der Waals surface area (Å²) in [4.78, 5) is 4.87. The smallest absolute Gasteiger partial charge is 0.183 e. The molecule has 0 radical (unpaired) electrons. The van der Waals surface area contributed by atoms with E-state index in [4.69, 9.17) is 17.2 Å². The SMILES string of the molecule is S=C(Nc1cccc2ccccc12)n1c(Cc2ccccc2)nc2ccccc21. The Morgan fingerprint density at radius 2 is 1.52 bits per heavy atom. The van der Waals surface area contributed by atoms with E-state index < -0.39 is 0 Å². The van der Waals surface area contributed by atoms with Crippen molar-refractivity contribution >= 4 is 44.8 Å². The Hall–Kier alpha value is -3.50. The Morgan fingerprint density at radius 1 is 0.793 bits per heavy atom. The van der Waals surface area contributed by atoms with Crippen LogP contribution >= 0.6 is 12.2 Å². The summed E-state index contributed by atoms with van der Waals surface area (Å²) in [7, 11) is 0. The predicted molar refractivity (Wildman–Crippen MR) is 125 cm³/mol. The lowest BCUT2D eigenvalue weighted by molar-refractivity contribution is 0.974. The quantitative estimate of drug-likeness (QED) is 0.380. The minimum Gasteiger partial charge on any atom is -0.331 e. The first-order chi connectivity index (χ1) is 14.3. The van der Waals surface area contributed by atoms with Gasteiger partial charge in [-0.3, -0.25) is 4.57 Å². The normalized spacial score (nSPS) is 11.0. The van der Waals surface area contributed by atoms with Gasteiger partial charge in [0.15, 0.2) is 5.11 Å². The molecule has 0 spiro atoms. The van der Waals surface area contributed by atoms with Crippen molar-refractivity contribution in [2.24, 2.45) is 0 Å². The van der Waals surface area contributed by atoms with Gasteiger partial charge in [-0.15, -0.1) is 0 Å². The Kier molecular flexibility index (Phi) is 4.54. The molecule has 3 nitrogen and oxygen atoms in total. The number of aromatic nitrogens is 2. The van der Waals surface area contributed by atoms with E-state index in [1.54, 1.807) is 0 Å². The standard InChI is InChI=1S/C25H19N3S/c29-25(27-21-15-8-12-19-11-4-5-13-20(19)21)28-23-16-7-6-14-22(23)26-24(28)17-18-9-2-1-3-10-18/h1-16H,17H2,(H,27,29). The van der Waals surface area contributed by atoms with E-state index in [9.17, 15) is 0 Å². The van der Waals surface area contributed by atoms with E-state index in [0.29, 0.717) is 11.5 Å². The van der Waals surface area contributed by atoms with Crippen LogP contribution in [0.5, 0.6) is 0 Å². The molecule has 5 aromatic rings. The van der Waals surface area contributed by atoms with Crippen LogP contribution in [0.2, 0.25) is 0 Å². The van der Waals surface area contributed by atoms with Gasteiger partial charge in [0, 0.05) is 17.5 Å². The van der Waals surface area contributed by atoms with Crippen LogP contribution in [0.4, 0.5) is 5.69 Å². The lowest BCUT2D eigenvalue weighted by Crippen LogP contribution is -2.21. The third kappa shape index (κ3) is 3.39. The highest BCUT2D eigenvalue weighted by molar-refractivity contribution is 7.80. The molecule has 0 aliphatic carbocycles. The Balaban J connectivity index is 1.58. The summed E-state index contributed by atoms with van der Waals surface area (Å²) in [5, 5.41) is 6.41. The molecule has 1 aromatic heterocycles. The highest BCUT2D eigenvalue weighted by Crippen LogP contribution is 2.25. The molecule has 4 aromatic carbocycles. The van der Waals surface area contributed by atoms with E-state index >= 15 is 0 Å². The van der Waals surface area contributed by atoms with E-state index in [1.165, 1.54) is 10.9 Å². The highest BCUT2D eigenvalue weighted by Gasteiger charge is 2.15. The van der Waals surface area contributed by atoms with Gasteiger partial charge in [0.1, 0.15) is 5.82 Å². The summed E-state index contributed by atoms with van der Waals surface area (Å²) >= 11 is 5.86. The largest absolute Gasteiger partial charge is 0.331 e. The molecule has 0 saturated heterocycles. The molecule has 0 saturated carbocycles. The van der Waals surface area contributed by atoms with Crippen molar-refractivity contribution in [3.8, 4) is 0 Å². The Labute approximate surface area is 174 Å². The van der Waals surface area contributed by atoms with Crippen molar-refractivity contribution in [2.45, 2.75) is 6.42 Å². The summed E-state index contributed by atoms with van der Waals surface area (Å²) in [6.45, 7) is 0. The van der Waals surface area contributed by atoms with Gasteiger partial charge in [-0.25, -0.2) is 4.98 Å². The monoisotopic (exact) mass is 393 g/mol. The summed E-state index contributed by atoms with van der Waals surface area (Å²) in [6, 6.07) is 33.0. The van der Waals surface area contributed by atoms with Gasteiger partial charge in [0.25, 0.3) is 0 Å². The highest BCUT2D eigenvalue weighted by atomic mass is 32.1. The van der Waals surface area contributed by atoms with E-state index in [1.807, 2.05) is 42.5 Å². The first-order valence-corrected chi connectivity index (χ1v) is 10.00. The molecule has 0 amide bonds. The predicted octanol–water partition coefficient (Wildman–Crippen LogP) is 6.03. The second-order valence-electron chi connectivity index (χ2n) is 6.97. The number of benzene rings is 4. The van der Waals surface area contributed by atoms with Crippen LogP contribution in [-0.2, 0) is 6.42 Å². The molecule has 1 N–H and O–H groups in total. The van der Waals surface area contributed by atoms with Gasteiger partial charge in [-0.2, -0.15) is 0 Å². The van der Waals surface area contributed by atoms with E-state index in [2.05, 4.69) is 64.5 Å². The molecular formula is C25H19N3S. The number of hydrogen-bond donors (Lipinski definition) is 1. The van der Waals surface area contributed by atoms with E-state index in [-0.39, 0.29) is 0 Å². The lowest BCUT2D eigenvalue weighted by Gasteiger charge is -2.14. The summed E-state index contributed by atoms with van der Waals surface area (Å²) in [5.41, 5.74) is 4.16. The number of hydrogen-bond acceptors (Lipinski definition) is 2. The number of anilines is 1. The number of para-hydroxylation sites is 2. The van der Waals surface area contributed by atoms with Crippen LogP contribution in [0.15, 0.2) is 97.1 Å². The second kappa shape index (κ2) is 7.49. The zero-order valence-corrected chi connectivity index (χ0v) is 16.6. The molecule has 0 fully saturated rings. The molecular weight excluding hydrogens is 374 g/mol. The molecule has 0 atom stereocenters. The minimum absolute atomic E-state index is 0.626. The van der Waals surface area contributed by atoms with Gasteiger partial charge < -0.3 is 5.32 Å². The van der Waals surface area contributed by atoms with Gasteiger partial charge >= 0.3 is 0 Å². The second-order valence-corrected chi connectivity index (χ2v) is 7.36. The van der Waals surface area contributed by atoms with Crippen LogP contribution in [-0.4, -0.2) is 14.7 Å². The first-order valence-electron chi connectivity index (χ1n) is 9.59. The molecule has 5 rings (SSSR count). The first kappa shape index (κ1) is 17.6. The summed E-state index contributed by atoms with van der Waals surface area (Å²) < 4.78 is 2.06. The lowest BCUT2D eigenvalue weighted by atomic mass is 10.1. The van der Waals surface area contributed by atoms with E-state index in [0.717, 1.165) is 27.9 Å². The van der Waals surface area contributed by atoms with Crippen LogP contribution in [0, 0.1) is 0 Å². The van der Waals surface area contributed by atoms with Crippen molar-refractivity contribution in [1.29, 1.82) is 0 Å². The van der Waals surface area contributed by atoms with Crippen LogP contribution in [0.25, 0.3) is 21.8 Å². The molecule has 0 bridgehead atoms. The molecule has 0 aliphatic heterocycles. The Bertz CT molecular complexity index is 1320. The molecule has 140 valence electrons. The van der Waals surface area contributed by atoms with Crippen molar-refractivity contribution in [2.75, 3.05) is 5.32 Å². The van der Waals surface area contributed by atoms with Crippen molar-refractivity contribution in [3.63, 3.8) is 0 Å². The van der Waals surface area contributed by atoms with Crippen LogP contribution in [0.3, 0.4) is 0 Å². The fourth-order valence-corrected chi connectivity index (χ4v) is 4.02. The van der Waals surface area contributed by atoms with Gasteiger partial charge in [-0.05, 0) is 41.4 Å². The zero-order valence-electron chi connectivity index (χ0n) is 15.7. The van der Waals surface area contributed by atoms with Crippen molar-refractivity contribution < 1.29 is 0 Å². The zero-order chi connectivity index (χ0) is 19.6. The maximum Gasteiger partial charge on any atom is 0.183 e. The maximum absolute atomic E-state index is 5.86. The number of nitrogens with one attached hydrogen (secondary N) is 1. The fourth-order valence-electron chi connectivity index (χ4n) is 3.71. The van der Waals surface area contributed by atoms with Crippen LogP contribution in [0.1, 0.15) is 11.4 Å². The third-order valence-electron chi connectivity index (χ3n) is 5.07. The number of nitrogens with zero attached hydrogens (tertiary/aromatic N) is 2. The maximum atomic E-state index is 5.86. The molecule has 4 heteroatoms. The molecule has 0 unspecified atom stereocenters. The topological polar surface area (TPSA) is 29.9 Å². The van der Waals surface area contributed by atoms with Gasteiger partial charge in [-0.1, -0.05) is 78.9 Å². The third-order valence-corrected chi connectivity index (χ3v) is 5.35. The van der Waals surface area contributed by atoms with Crippen molar-refractivity contribution in [3.05, 3.63) is 108 Å². The molecule has 29 heavy (non-hydrogen) atoms. The molecule has 0 aliphatic rings. The summed E-state index contributed by atoms with van der Waals surface area (Å²) in [5.74, 6) is 0.926. The number of rotatable bonds is 3. The summed E-state index contributed by atoms with van der Waals surface area (Å²) in [6.07, 6.45) is 0.715. The average Bonchev–Trinajstić information content (AvgIpc) is 3.12. The number of imidazole rings is 1. The van der Waals surface area contributed by atoms with Crippen molar-refractivity contribution in [1.82, 2.24) is 9.55 Å². The Morgan fingerprint density at radius 3 is 2.41 bits per heavy atom. The van der Waals surface area contributed by atoms with Gasteiger partial charge in [0.2, 0.25) is 0 Å². The van der Waals surface area contributed by atoms with Gasteiger partial charge in [0.05, 0.1) is 11.0 Å². The average molecular weight is 394 g/mol. The minimum atomic E-state index is 0.626. The number of fused-ring (bicyclic) bond motifs is 2. The molecule has 1 heterocycles. The fraction of sp³-hybridized carbons (Fsp3) is 0.0400.